The molecule has 0 fully saturated rings. The largest absolute Gasteiger partial charge is 0.455 e. The number of benzene rings is 14. The van der Waals surface area contributed by atoms with Gasteiger partial charge in [0.25, 0.3) is 0 Å². The molecule has 0 aliphatic heterocycles. The molecule has 458 valence electrons. The normalized spacial score (nSPS) is 11.5. The lowest BCUT2D eigenvalue weighted by Crippen LogP contribution is -2.00. The summed E-state index contributed by atoms with van der Waals surface area (Å²) in [7, 11) is 0. The summed E-state index contributed by atoms with van der Waals surface area (Å²) in [6.07, 6.45) is 0. The van der Waals surface area contributed by atoms with E-state index in [9.17, 15) is 0 Å². The van der Waals surface area contributed by atoms with Gasteiger partial charge in [0.05, 0.1) is 11.1 Å². The molecule has 0 atom stereocenters. The van der Waals surface area contributed by atoms with Gasteiger partial charge in [-0.2, -0.15) is 0 Å². The van der Waals surface area contributed by atoms with Crippen molar-refractivity contribution in [1.82, 2.24) is 29.9 Å². The van der Waals surface area contributed by atoms with Crippen molar-refractivity contribution in [2.45, 2.75) is 0 Å². The van der Waals surface area contributed by atoms with E-state index in [1.165, 1.54) is 11.1 Å². The maximum Gasteiger partial charge on any atom is 0.167 e. The van der Waals surface area contributed by atoms with Gasteiger partial charge >= 0.3 is 0 Å². The van der Waals surface area contributed by atoms with E-state index in [-0.39, 0.29) is 0 Å². The highest BCUT2D eigenvalue weighted by Crippen LogP contribution is 2.44. The van der Waals surface area contributed by atoms with Gasteiger partial charge in [0.2, 0.25) is 0 Å². The minimum absolute atomic E-state index is 0.525. The Morgan fingerprint density at radius 3 is 0.837 bits per heavy atom. The highest BCUT2D eigenvalue weighted by Gasteiger charge is 2.23. The van der Waals surface area contributed by atoms with E-state index in [1.54, 1.807) is 0 Å². The van der Waals surface area contributed by atoms with Gasteiger partial charge < -0.3 is 8.83 Å². The van der Waals surface area contributed by atoms with Crippen molar-refractivity contribution < 1.29 is 8.83 Å². The molecule has 98 heavy (non-hydrogen) atoms. The lowest BCUT2D eigenvalue weighted by molar-refractivity contribution is 0.669. The van der Waals surface area contributed by atoms with Crippen molar-refractivity contribution >= 4 is 43.9 Å². The number of furan rings is 2. The first-order valence-corrected chi connectivity index (χ1v) is 32.8. The molecule has 0 radical (unpaired) electrons. The Balaban J connectivity index is 0.625. The SMILES string of the molecule is c1ccc(-c2ccc(-c3cccc(-c4cccc5oc6c(-c7nc(-c8ccccc8)nc(-c8cccc(-c9cccc(-c%10ccc(-c%11ccc(-c%12cccc%13oc%14c(-c%15nc(-c%16ccccc%16)nc(-c%16ccccc%16)n%15)cccc%14c%12%13)cc%11)cc%10)c9)c8)n7)cccc6c45)c3)cc2)cc1. The zero-order chi connectivity index (χ0) is 64.9. The van der Waals surface area contributed by atoms with Crippen molar-refractivity contribution in [2.24, 2.45) is 0 Å². The van der Waals surface area contributed by atoms with Crippen LogP contribution in [0.3, 0.4) is 0 Å². The van der Waals surface area contributed by atoms with Crippen LogP contribution in [0, 0.1) is 0 Å². The third-order valence-electron chi connectivity index (χ3n) is 18.5. The van der Waals surface area contributed by atoms with E-state index < -0.39 is 0 Å². The van der Waals surface area contributed by atoms with Crippen LogP contribution in [-0.4, -0.2) is 29.9 Å². The molecule has 14 aromatic carbocycles. The second kappa shape index (κ2) is 24.6. The summed E-state index contributed by atoms with van der Waals surface area (Å²) in [6.45, 7) is 0. The predicted molar refractivity (Wildman–Crippen MR) is 398 cm³/mol. The molecule has 8 heteroatoms. The number of para-hydroxylation sites is 2. The number of hydrogen-bond acceptors (Lipinski definition) is 8. The summed E-state index contributed by atoms with van der Waals surface area (Å²) in [5.74, 6) is 3.41. The van der Waals surface area contributed by atoms with Crippen LogP contribution >= 0.6 is 0 Å². The average molecular weight is 1250 g/mol. The Hall–Kier alpha value is -13.3. The fourth-order valence-electron chi connectivity index (χ4n) is 13.6. The van der Waals surface area contributed by atoms with Crippen LogP contribution in [-0.2, 0) is 0 Å². The van der Waals surface area contributed by atoms with Gasteiger partial charge in [0.1, 0.15) is 22.3 Å². The maximum absolute atomic E-state index is 6.88. The Morgan fingerprint density at radius 2 is 0.418 bits per heavy atom. The molecular weight excluding hydrogens is 1200 g/mol. The number of rotatable bonds is 13. The van der Waals surface area contributed by atoms with Gasteiger partial charge in [-0.15, -0.1) is 0 Å². The third kappa shape index (κ3) is 10.7. The van der Waals surface area contributed by atoms with Gasteiger partial charge in [-0.25, -0.2) is 29.9 Å². The molecule has 0 saturated heterocycles. The zero-order valence-corrected chi connectivity index (χ0v) is 52.8. The maximum atomic E-state index is 6.88. The molecule has 18 rings (SSSR count). The molecule has 18 aromatic rings. The molecule has 0 spiro atoms. The summed E-state index contributed by atoms with van der Waals surface area (Å²) in [5.41, 5.74) is 23.8. The summed E-state index contributed by atoms with van der Waals surface area (Å²) in [6, 6.07) is 118. The topological polar surface area (TPSA) is 104 Å². The van der Waals surface area contributed by atoms with E-state index in [4.69, 9.17) is 38.7 Å². The first-order chi connectivity index (χ1) is 48.5. The fourth-order valence-corrected chi connectivity index (χ4v) is 13.6. The molecule has 0 saturated carbocycles. The molecule has 0 N–H and O–H groups in total. The monoisotopic (exact) mass is 1250 g/mol. The highest BCUT2D eigenvalue weighted by atomic mass is 16.3. The van der Waals surface area contributed by atoms with E-state index in [2.05, 4.69) is 218 Å². The third-order valence-corrected chi connectivity index (χ3v) is 18.5. The number of aromatic nitrogens is 6. The van der Waals surface area contributed by atoms with Crippen molar-refractivity contribution in [3.63, 3.8) is 0 Å². The minimum atomic E-state index is 0.525. The summed E-state index contributed by atoms with van der Waals surface area (Å²) < 4.78 is 13.6. The lowest BCUT2D eigenvalue weighted by Gasteiger charge is -2.11. The van der Waals surface area contributed by atoms with Crippen molar-refractivity contribution in [3.05, 3.63) is 340 Å². The Labute approximate surface area is 565 Å². The van der Waals surface area contributed by atoms with E-state index >= 15 is 0 Å². The van der Waals surface area contributed by atoms with Crippen molar-refractivity contribution in [1.29, 1.82) is 0 Å². The first kappa shape index (κ1) is 57.4. The molecule has 0 unspecified atom stereocenters. The molecular formula is C90H56N6O2. The molecule has 4 aromatic heterocycles. The summed E-state index contributed by atoms with van der Waals surface area (Å²) in [5, 5.41) is 4.05. The molecule has 0 aliphatic rings. The summed E-state index contributed by atoms with van der Waals surface area (Å²) in [4.78, 5) is 30.7. The number of hydrogen-bond donors (Lipinski definition) is 0. The molecule has 0 amide bonds. The molecule has 0 aliphatic carbocycles. The van der Waals surface area contributed by atoms with Crippen molar-refractivity contribution in [2.75, 3.05) is 0 Å². The van der Waals surface area contributed by atoms with Crippen molar-refractivity contribution in [3.8, 4) is 146 Å². The lowest BCUT2D eigenvalue weighted by atomic mass is 9.95. The van der Waals surface area contributed by atoms with Crippen LogP contribution in [0.1, 0.15) is 0 Å². The highest BCUT2D eigenvalue weighted by molar-refractivity contribution is 6.16. The fraction of sp³-hybridized carbons (Fsp3) is 0. The van der Waals surface area contributed by atoms with Gasteiger partial charge in [-0.05, 0) is 120 Å². The van der Waals surface area contributed by atoms with Gasteiger partial charge in [0, 0.05) is 43.8 Å². The Bertz CT molecular complexity index is 5960. The van der Waals surface area contributed by atoms with Gasteiger partial charge in [0.15, 0.2) is 34.9 Å². The molecule has 4 heterocycles. The number of nitrogens with zero attached hydrogens (tertiary/aromatic N) is 6. The summed E-state index contributed by atoms with van der Waals surface area (Å²) >= 11 is 0. The van der Waals surface area contributed by atoms with E-state index in [1.807, 2.05) is 121 Å². The van der Waals surface area contributed by atoms with Crippen LogP contribution < -0.4 is 0 Å². The second-order valence-electron chi connectivity index (χ2n) is 24.5. The quantitative estimate of drug-likeness (QED) is 0.112. The zero-order valence-electron chi connectivity index (χ0n) is 52.8. The molecule has 8 nitrogen and oxygen atoms in total. The average Bonchev–Trinajstić information content (AvgIpc) is 1.57. The smallest absolute Gasteiger partial charge is 0.167 e. The van der Waals surface area contributed by atoms with Crippen LogP contribution in [0.15, 0.2) is 349 Å². The van der Waals surface area contributed by atoms with Crippen LogP contribution in [0.4, 0.5) is 0 Å². The standard InChI is InChI=1S/C90H56N6O2/c1-5-20-57(21-6-1)58-42-46-62(47-43-58)68-29-14-32-71(55-68)74-35-19-41-80-82(74)76-37-17-39-78(84(76)98-80)90-95-87(66-26-11-4-12-27-66)92-88(96-90)72-33-15-31-70(56-72)69-30-13-28-67(54-69)61-48-44-59(45-49-61)60-50-52-63(53-51-60)73-34-18-40-79-81(73)75-36-16-38-77(83(75)97-79)89-93-85(64-22-7-2-8-23-64)91-86(94-89)65-24-9-3-10-25-65/h1-56H. The van der Waals surface area contributed by atoms with E-state index in [0.29, 0.717) is 40.5 Å². The van der Waals surface area contributed by atoms with Crippen LogP contribution in [0.5, 0.6) is 0 Å². The van der Waals surface area contributed by atoms with Crippen LogP contribution in [0.25, 0.3) is 190 Å². The number of fused-ring (bicyclic) bond motifs is 6. The van der Waals surface area contributed by atoms with Crippen LogP contribution in [0.2, 0.25) is 0 Å². The molecule has 0 bridgehead atoms. The first-order valence-electron chi connectivity index (χ1n) is 32.8. The van der Waals surface area contributed by atoms with Gasteiger partial charge in [-0.3, -0.25) is 0 Å². The predicted octanol–water partition coefficient (Wildman–Crippen LogP) is 23.5. The minimum Gasteiger partial charge on any atom is -0.455 e. The second-order valence-corrected chi connectivity index (χ2v) is 24.5. The Kier molecular flexibility index (Phi) is 14.4. The van der Waals surface area contributed by atoms with E-state index in [0.717, 1.165) is 138 Å². The van der Waals surface area contributed by atoms with Gasteiger partial charge in [-0.1, -0.05) is 297 Å². The Morgan fingerprint density at radius 1 is 0.163 bits per heavy atom.